The van der Waals surface area contributed by atoms with E-state index >= 15 is 0 Å². The Bertz CT molecular complexity index is 497. The number of nitrogens with zero attached hydrogens (tertiary/aromatic N) is 2. The molecule has 0 saturated carbocycles. The van der Waals surface area contributed by atoms with Crippen LogP contribution in [0.5, 0.6) is 0 Å². The minimum absolute atomic E-state index is 0.560. The van der Waals surface area contributed by atoms with Crippen LogP contribution in [-0.2, 0) is 0 Å². The SMILES string of the molecule is Cc1cc(-c2ccc(Cl)c(N)c2)ncn1. The highest BCUT2D eigenvalue weighted by Gasteiger charge is 2.02. The third-order valence-corrected chi connectivity index (χ3v) is 2.44. The molecule has 2 rings (SSSR count). The Kier molecular flexibility index (Phi) is 2.56. The fraction of sp³-hybridized carbons (Fsp3) is 0.0909. The highest BCUT2D eigenvalue weighted by molar-refractivity contribution is 6.33. The van der Waals surface area contributed by atoms with E-state index in [-0.39, 0.29) is 0 Å². The van der Waals surface area contributed by atoms with Crippen molar-refractivity contribution in [3.05, 3.63) is 41.3 Å². The molecule has 76 valence electrons. The van der Waals surface area contributed by atoms with Gasteiger partial charge in [0, 0.05) is 11.3 Å². The van der Waals surface area contributed by atoms with Gasteiger partial charge in [0.25, 0.3) is 0 Å². The molecule has 3 nitrogen and oxygen atoms in total. The second-order valence-corrected chi connectivity index (χ2v) is 3.69. The molecular formula is C11H10ClN3. The zero-order chi connectivity index (χ0) is 10.8. The lowest BCUT2D eigenvalue weighted by Crippen LogP contribution is -1.90. The van der Waals surface area contributed by atoms with E-state index in [1.807, 2.05) is 25.1 Å². The summed E-state index contributed by atoms with van der Waals surface area (Å²) in [6.45, 7) is 1.92. The molecule has 0 atom stereocenters. The Morgan fingerprint density at radius 1 is 1.20 bits per heavy atom. The van der Waals surface area contributed by atoms with Gasteiger partial charge in [-0.15, -0.1) is 0 Å². The van der Waals surface area contributed by atoms with Gasteiger partial charge in [0.2, 0.25) is 0 Å². The van der Waals surface area contributed by atoms with Crippen molar-refractivity contribution in [2.75, 3.05) is 5.73 Å². The van der Waals surface area contributed by atoms with Gasteiger partial charge in [-0.1, -0.05) is 17.7 Å². The third-order valence-electron chi connectivity index (χ3n) is 2.10. The third kappa shape index (κ3) is 2.07. The van der Waals surface area contributed by atoms with E-state index in [0.717, 1.165) is 17.0 Å². The largest absolute Gasteiger partial charge is 0.398 e. The summed E-state index contributed by atoms with van der Waals surface area (Å²) in [5.74, 6) is 0. The molecule has 0 aliphatic rings. The maximum Gasteiger partial charge on any atom is 0.116 e. The fourth-order valence-electron chi connectivity index (χ4n) is 1.32. The van der Waals surface area contributed by atoms with Gasteiger partial charge in [0.1, 0.15) is 6.33 Å². The van der Waals surface area contributed by atoms with Gasteiger partial charge in [0.15, 0.2) is 0 Å². The molecule has 2 N–H and O–H groups in total. The highest BCUT2D eigenvalue weighted by atomic mass is 35.5. The molecule has 15 heavy (non-hydrogen) atoms. The maximum absolute atomic E-state index is 5.84. The second kappa shape index (κ2) is 3.87. The summed E-state index contributed by atoms with van der Waals surface area (Å²) in [6, 6.07) is 7.37. The van der Waals surface area contributed by atoms with Gasteiger partial charge >= 0.3 is 0 Å². The summed E-state index contributed by atoms with van der Waals surface area (Å²) in [7, 11) is 0. The van der Waals surface area contributed by atoms with Crippen LogP contribution >= 0.6 is 11.6 Å². The van der Waals surface area contributed by atoms with Crippen molar-refractivity contribution in [2.24, 2.45) is 0 Å². The minimum Gasteiger partial charge on any atom is -0.398 e. The van der Waals surface area contributed by atoms with Gasteiger partial charge in [-0.05, 0) is 25.1 Å². The van der Waals surface area contributed by atoms with E-state index in [2.05, 4.69) is 9.97 Å². The number of hydrogen-bond donors (Lipinski definition) is 1. The molecule has 1 aromatic carbocycles. The molecular weight excluding hydrogens is 210 g/mol. The number of aromatic nitrogens is 2. The molecule has 0 saturated heterocycles. The zero-order valence-electron chi connectivity index (χ0n) is 8.24. The van der Waals surface area contributed by atoms with E-state index in [0.29, 0.717) is 10.7 Å². The number of nitrogen functional groups attached to an aromatic ring is 1. The first-order valence-corrected chi connectivity index (χ1v) is 4.88. The predicted molar refractivity (Wildman–Crippen MR) is 61.6 cm³/mol. The molecule has 0 aliphatic carbocycles. The number of benzene rings is 1. The van der Waals surface area contributed by atoms with Crippen LogP contribution in [0.4, 0.5) is 5.69 Å². The first-order valence-electron chi connectivity index (χ1n) is 4.51. The van der Waals surface area contributed by atoms with Crippen LogP contribution in [0.1, 0.15) is 5.69 Å². The summed E-state index contributed by atoms with van der Waals surface area (Å²) in [5, 5.41) is 0.560. The van der Waals surface area contributed by atoms with Crippen LogP contribution < -0.4 is 5.73 Å². The van der Waals surface area contributed by atoms with Crippen molar-refractivity contribution in [2.45, 2.75) is 6.92 Å². The van der Waals surface area contributed by atoms with Gasteiger partial charge in [-0.3, -0.25) is 0 Å². The van der Waals surface area contributed by atoms with Crippen molar-refractivity contribution in [1.82, 2.24) is 9.97 Å². The summed E-state index contributed by atoms with van der Waals surface area (Å²) >= 11 is 5.84. The number of hydrogen-bond acceptors (Lipinski definition) is 3. The molecule has 0 fully saturated rings. The highest BCUT2D eigenvalue weighted by Crippen LogP contribution is 2.25. The smallest absolute Gasteiger partial charge is 0.116 e. The minimum atomic E-state index is 0.560. The summed E-state index contributed by atoms with van der Waals surface area (Å²) in [5.41, 5.74) is 9.01. The quantitative estimate of drug-likeness (QED) is 0.751. The van der Waals surface area contributed by atoms with Crippen molar-refractivity contribution >= 4 is 17.3 Å². The molecule has 1 aromatic heterocycles. The number of aryl methyl sites for hydroxylation is 1. The topological polar surface area (TPSA) is 51.8 Å². The summed E-state index contributed by atoms with van der Waals surface area (Å²) in [4.78, 5) is 8.21. The van der Waals surface area contributed by atoms with Crippen LogP contribution in [0, 0.1) is 6.92 Å². The average Bonchev–Trinajstić information content (AvgIpc) is 2.22. The van der Waals surface area contributed by atoms with Gasteiger partial charge in [-0.25, -0.2) is 9.97 Å². The van der Waals surface area contributed by atoms with Crippen molar-refractivity contribution in [3.63, 3.8) is 0 Å². The lowest BCUT2D eigenvalue weighted by Gasteiger charge is -2.03. The predicted octanol–water partition coefficient (Wildman–Crippen LogP) is 2.69. The lowest BCUT2D eigenvalue weighted by atomic mass is 10.1. The van der Waals surface area contributed by atoms with E-state index in [4.69, 9.17) is 17.3 Å². The standard InChI is InChI=1S/C11H10ClN3/c1-7-4-11(15-6-14-7)8-2-3-9(12)10(13)5-8/h2-6H,13H2,1H3. The van der Waals surface area contributed by atoms with E-state index < -0.39 is 0 Å². The number of halogens is 1. The molecule has 0 spiro atoms. The second-order valence-electron chi connectivity index (χ2n) is 3.28. The van der Waals surface area contributed by atoms with Crippen LogP contribution in [0.3, 0.4) is 0 Å². The van der Waals surface area contributed by atoms with E-state index in [1.54, 1.807) is 6.07 Å². The Morgan fingerprint density at radius 3 is 2.67 bits per heavy atom. The molecule has 0 radical (unpaired) electrons. The van der Waals surface area contributed by atoms with Gasteiger partial charge in [0.05, 0.1) is 16.4 Å². The number of anilines is 1. The molecule has 1 heterocycles. The molecule has 0 amide bonds. The molecule has 0 bridgehead atoms. The molecule has 0 unspecified atom stereocenters. The van der Waals surface area contributed by atoms with Gasteiger partial charge in [-0.2, -0.15) is 0 Å². The normalized spacial score (nSPS) is 10.3. The van der Waals surface area contributed by atoms with Crippen LogP contribution in [0.2, 0.25) is 5.02 Å². The Morgan fingerprint density at radius 2 is 2.00 bits per heavy atom. The number of nitrogens with two attached hydrogens (primary N) is 1. The first kappa shape index (κ1) is 9.93. The maximum atomic E-state index is 5.84. The zero-order valence-corrected chi connectivity index (χ0v) is 8.99. The summed E-state index contributed by atoms with van der Waals surface area (Å²) in [6.07, 6.45) is 1.54. The fourth-order valence-corrected chi connectivity index (χ4v) is 1.43. The lowest BCUT2D eigenvalue weighted by molar-refractivity contribution is 1.11. The molecule has 4 heteroatoms. The van der Waals surface area contributed by atoms with E-state index in [9.17, 15) is 0 Å². The summed E-state index contributed by atoms with van der Waals surface area (Å²) < 4.78 is 0. The van der Waals surface area contributed by atoms with E-state index in [1.165, 1.54) is 6.33 Å². The van der Waals surface area contributed by atoms with Crippen LogP contribution in [0.25, 0.3) is 11.3 Å². The van der Waals surface area contributed by atoms with Crippen LogP contribution in [-0.4, -0.2) is 9.97 Å². The van der Waals surface area contributed by atoms with Crippen molar-refractivity contribution in [3.8, 4) is 11.3 Å². The van der Waals surface area contributed by atoms with Crippen molar-refractivity contribution < 1.29 is 0 Å². The Hall–Kier alpha value is -1.61. The number of rotatable bonds is 1. The Labute approximate surface area is 92.9 Å². The molecule has 0 aliphatic heterocycles. The van der Waals surface area contributed by atoms with Gasteiger partial charge < -0.3 is 5.73 Å². The monoisotopic (exact) mass is 219 g/mol. The molecule has 2 aromatic rings. The van der Waals surface area contributed by atoms with Crippen molar-refractivity contribution in [1.29, 1.82) is 0 Å². The van der Waals surface area contributed by atoms with Crippen LogP contribution in [0.15, 0.2) is 30.6 Å². The average molecular weight is 220 g/mol. The first-order chi connectivity index (χ1) is 7.16. The Balaban J connectivity index is 2.50.